The zero-order chi connectivity index (χ0) is 6.85. The number of rotatable bonds is 0. The third-order valence-corrected chi connectivity index (χ3v) is 0.796. The lowest BCUT2D eigenvalue weighted by atomic mass is 10.6. The van der Waals surface area contributed by atoms with Gasteiger partial charge in [0.2, 0.25) is 0 Å². The number of aromatic nitrogens is 2. The van der Waals surface area contributed by atoms with Crippen molar-refractivity contribution in [3.8, 4) is 0 Å². The Labute approximate surface area is 49.5 Å². The summed E-state index contributed by atoms with van der Waals surface area (Å²) in [5.41, 5.74) is 4.28. The molecule has 0 aliphatic heterocycles. The minimum Gasteiger partial charge on any atom is -0.393 e. The normalized spacial score (nSPS) is 9.44. The standard InChI is InChI=1S/C4H4FN3O/c5-4-7-1-2(6)3(9)8-4/h1H,6H2,(H,7,8,9). The van der Waals surface area contributed by atoms with Crippen molar-refractivity contribution in [3.05, 3.63) is 22.6 Å². The largest absolute Gasteiger partial charge is 0.393 e. The van der Waals surface area contributed by atoms with Gasteiger partial charge in [0.05, 0.1) is 6.20 Å². The van der Waals surface area contributed by atoms with Crippen molar-refractivity contribution in [1.82, 2.24) is 9.97 Å². The van der Waals surface area contributed by atoms with Gasteiger partial charge in [-0.3, -0.25) is 9.78 Å². The first-order valence-electron chi connectivity index (χ1n) is 2.20. The van der Waals surface area contributed by atoms with Crippen LogP contribution >= 0.6 is 0 Å². The molecule has 1 rings (SSSR count). The number of nitrogens with zero attached hydrogens (tertiary/aromatic N) is 1. The Morgan fingerprint density at radius 3 is 2.89 bits per heavy atom. The predicted molar refractivity (Wildman–Crippen MR) is 29.2 cm³/mol. The predicted octanol–water partition coefficient (Wildman–Crippen LogP) is -0.509. The highest BCUT2D eigenvalue weighted by Gasteiger charge is 1.93. The van der Waals surface area contributed by atoms with Crippen molar-refractivity contribution < 1.29 is 4.39 Å². The molecular weight excluding hydrogens is 125 g/mol. The average molecular weight is 129 g/mol. The van der Waals surface area contributed by atoms with E-state index in [0.29, 0.717) is 0 Å². The number of hydrogen-bond acceptors (Lipinski definition) is 3. The van der Waals surface area contributed by atoms with Crippen molar-refractivity contribution in [2.24, 2.45) is 0 Å². The van der Waals surface area contributed by atoms with Gasteiger partial charge in [0.1, 0.15) is 5.69 Å². The average Bonchev–Trinajstić information content (AvgIpc) is 1.80. The Balaban J connectivity index is 3.34. The van der Waals surface area contributed by atoms with Gasteiger partial charge in [-0.1, -0.05) is 0 Å². The van der Waals surface area contributed by atoms with Gasteiger partial charge in [0, 0.05) is 0 Å². The van der Waals surface area contributed by atoms with Gasteiger partial charge in [0.25, 0.3) is 11.6 Å². The van der Waals surface area contributed by atoms with E-state index in [-0.39, 0.29) is 5.69 Å². The van der Waals surface area contributed by atoms with Gasteiger partial charge in [-0.25, -0.2) is 4.98 Å². The summed E-state index contributed by atoms with van der Waals surface area (Å²) in [6.45, 7) is 0. The molecule has 1 aromatic heterocycles. The zero-order valence-electron chi connectivity index (χ0n) is 4.39. The molecule has 0 atom stereocenters. The molecule has 4 nitrogen and oxygen atoms in total. The summed E-state index contributed by atoms with van der Waals surface area (Å²) in [4.78, 5) is 15.3. The van der Waals surface area contributed by atoms with Crippen LogP contribution in [0.1, 0.15) is 0 Å². The number of anilines is 1. The molecule has 3 N–H and O–H groups in total. The molecule has 1 aromatic rings. The van der Waals surface area contributed by atoms with Gasteiger partial charge in [-0.15, -0.1) is 0 Å². The minimum absolute atomic E-state index is 0.0867. The number of halogens is 1. The quantitative estimate of drug-likeness (QED) is 0.463. The Hall–Kier alpha value is -1.39. The third kappa shape index (κ3) is 1.04. The second-order valence-corrected chi connectivity index (χ2v) is 1.46. The molecule has 5 heteroatoms. The first-order chi connectivity index (χ1) is 4.20. The molecule has 0 unspecified atom stereocenters. The van der Waals surface area contributed by atoms with E-state index in [0.717, 1.165) is 6.20 Å². The zero-order valence-corrected chi connectivity index (χ0v) is 4.39. The van der Waals surface area contributed by atoms with Crippen LogP contribution in [0, 0.1) is 6.08 Å². The summed E-state index contributed by atoms with van der Waals surface area (Å²) in [7, 11) is 0. The van der Waals surface area contributed by atoms with Crippen molar-refractivity contribution >= 4 is 5.69 Å². The van der Waals surface area contributed by atoms with E-state index in [1.807, 2.05) is 0 Å². The van der Waals surface area contributed by atoms with Crippen LogP contribution in [0.2, 0.25) is 0 Å². The van der Waals surface area contributed by atoms with Crippen LogP contribution in [-0.2, 0) is 0 Å². The van der Waals surface area contributed by atoms with E-state index in [9.17, 15) is 9.18 Å². The SMILES string of the molecule is Nc1cnc(F)[nH]c1=O. The summed E-state index contributed by atoms with van der Waals surface area (Å²) < 4.78 is 11.9. The summed E-state index contributed by atoms with van der Waals surface area (Å²) in [5, 5.41) is 0. The molecule has 0 amide bonds. The summed E-state index contributed by atoms with van der Waals surface area (Å²) >= 11 is 0. The van der Waals surface area contributed by atoms with E-state index >= 15 is 0 Å². The number of nitrogens with one attached hydrogen (secondary N) is 1. The third-order valence-electron chi connectivity index (χ3n) is 0.796. The van der Waals surface area contributed by atoms with Crippen LogP contribution in [-0.4, -0.2) is 9.97 Å². The van der Waals surface area contributed by atoms with Crippen LogP contribution in [0.15, 0.2) is 11.0 Å². The molecule has 1 heterocycles. The molecule has 9 heavy (non-hydrogen) atoms. The second-order valence-electron chi connectivity index (χ2n) is 1.46. The van der Waals surface area contributed by atoms with Crippen LogP contribution in [0.4, 0.5) is 10.1 Å². The van der Waals surface area contributed by atoms with E-state index in [4.69, 9.17) is 5.73 Å². The molecule has 0 spiro atoms. The Kier molecular flexibility index (Phi) is 1.18. The molecule has 0 aromatic carbocycles. The molecular formula is C4H4FN3O. The van der Waals surface area contributed by atoms with Crippen molar-refractivity contribution in [2.75, 3.05) is 5.73 Å². The fraction of sp³-hybridized carbons (Fsp3) is 0. The smallest absolute Gasteiger partial charge is 0.289 e. The van der Waals surface area contributed by atoms with Gasteiger partial charge < -0.3 is 5.73 Å². The molecule has 0 fully saturated rings. The monoisotopic (exact) mass is 129 g/mol. The maximum absolute atomic E-state index is 11.9. The van der Waals surface area contributed by atoms with Crippen LogP contribution in [0.3, 0.4) is 0 Å². The number of aromatic amines is 1. The van der Waals surface area contributed by atoms with Crippen LogP contribution in [0.25, 0.3) is 0 Å². The summed E-state index contributed by atoms with van der Waals surface area (Å²) in [6, 6.07) is 0. The molecule has 0 bridgehead atoms. The number of nitrogens with two attached hydrogens (primary N) is 1. The van der Waals surface area contributed by atoms with Gasteiger partial charge >= 0.3 is 0 Å². The lowest BCUT2D eigenvalue weighted by molar-refractivity contribution is 0.535. The van der Waals surface area contributed by atoms with Crippen molar-refractivity contribution in [3.63, 3.8) is 0 Å². The molecule has 0 saturated heterocycles. The lowest BCUT2D eigenvalue weighted by Gasteiger charge is -1.87. The highest BCUT2D eigenvalue weighted by molar-refractivity contribution is 5.29. The van der Waals surface area contributed by atoms with E-state index in [1.54, 1.807) is 4.98 Å². The highest BCUT2D eigenvalue weighted by Crippen LogP contribution is 1.85. The molecule has 0 aliphatic carbocycles. The summed E-state index contributed by atoms with van der Waals surface area (Å²) in [5.74, 6) is 0. The fourth-order valence-corrected chi connectivity index (χ4v) is 0.383. The summed E-state index contributed by atoms with van der Waals surface area (Å²) in [6.07, 6.45) is 0.0444. The molecule has 0 aliphatic rings. The van der Waals surface area contributed by atoms with Crippen LogP contribution < -0.4 is 11.3 Å². The minimum atomic E-state index is -0.922. The van der Waals surface area contributed by atoms with Gasteiger partial charge in [-0.2, -0.15) is 4.39 Å². The van der Waals surface area contributed by atoms with Gasteiger partial charge in [0.15, 0.2) is 0 Å². The number of H-pyrrole nitrogens is 1. The molecule has 0 saturated carbocycles. The Morgan fingerprint density at radius 2 is 2.44 bits per heavy atom. The maximum Gasteiger partial charge on any atom is 0.289 e. The van der Waals surface area contributed by atoms with Gasteiger partial charge in [-0.05, 0) is 0 Å². The lowest BCUT2D eigenvalue weighted by Crippen LogP contribution is -2.13. The number of hydrogen-bond donors (Lipinski definition) is 2. The maximum atomic E-state index is 11.9. The van der Waals surface area contributed by atoms with E-state index < -0.39 is 11.6 Å². The molecule has 0 radical (unpaired) electrons. The highest BCUT2D eigenvalue weighted by atomic mass is 19.1. The van der Waals surface area contributed by atoms with Crippen LogP contribution in [0.5, 0.6) is 0 Å². The van der Waals surface area contributed by atoms with E-state index in [2.05, 4.69) is 4.98 Å². The Morgan fingerprint density at radius 1 is 1.78 bits per heavy atom. The topological polar surface area (TPSA) is 71.8 Å². The van der Waals surface area contributed by atoms with E-state index in [1.165, 1.54) is 0 Å². The second kappa shape index (κ2) is 1.85. The first-order valence-corrected chi connectivity index (χ1v) is 2.20. The molecule has 48 valence electrons. The van der Waals surface area contributed by atoms with Crippen molar-refractivity contribution in [1.29, 1.82) is 0 Å². The fourth-order valence-electron chi connectivity index (χ4n) is 0.383. The number of nitrogen functional groups attached to an aromatic ring is 1. The van der Waals surface area contributed by atoms with Crippen molar-refractivity contribution in [2.45, 2.75) is 0 Å². The Bertz CT molecular complexity index is 269. The first kappa shape index (κ1) is 5.74.